The molecule has 0 radical (unpaired) electrons. The first kappa shape index (κ1) is 13.6. The summed E-state index contributed by atoms with van der Waals surface area (Å²) in [6, 6.07) is 0. The number of primary amides is 1. The van der Waals surface area contributed by atoms with Gasteiger partial charge < -0.3 is 10.5 Å². The fourth-order valence-corrected chi connectivity index (χ4v) is 2.87. The van der Waals surface area contributed by atoms with Gasteiger partial charge >= 0.3 is 0 Å². The molecule has 110 valence electrons. The van der Waals surface area contributed by atoms with Crippen molar-refractivity contribution in [2.45, 2.75) is 25.8 Å². The third kappa shape index (κ3) is 2.58. The molecule has 2 atom stereocenters. The van der Waals surface area contributed by atoms with Gasteiger partial charge in [0.2, 0.25) is 5.91 Å². The van der Waals surface area contributed by atoms with Gasteiger partial charge in [-0.1, -0.05) is 6.92 Å². The molecule has 1 saturated carbocycles. The summed E-state index contributed by atoms with van der Waals surface area (Å²) in [7, 11) is 0. The highest BCUT2D eigenvalue weighted by atomic mass is 16.5. The SMILES string of the molecule is CC1(C(N)=O)CC1c1cnn(CCN2CCOCC2)c1. The van der Waals surface area contributed by atoms with Crippen molar-refractivity contribution in [3.8, 4) is 0 Å². The summed E-state index contributed by atoms with van der Waals surface area (Å²) in [6.45, 7) is 7.44. The first-order valence-electron chi connectivity index (χ1n) is 7.22. The summed E-state index contributed by atoms with van der Waals surface area (Å²) in [6.07, 6.45) is 4.77. The van der Waals surface area contributed by atoms with Crippen molar-refractivity contribution in [1.82, 2.24) is 14.7 Å². The number of carbonyl (C=O) groups excluding carboxylic acids is 1. The minimum absolute atomic E-state index is 0.205. The average Bonchev–Trinajstić information content (AvgIpc) is 2.96. The molecule has 20 heavy (non-hydrogen) atoms. The first-order chi connectivity index (χ1) is 9.59. The average molecular weight is 278 g/mol. The molecule has 6 heteroatoms. The number of rotatable bonds is 5. The van der Waals surface area contributed by atoms with Gasteiger partial charge in [-0.25, -0.2) is 0 Å². The number of nitrogens with zero attached hydrogens (tertiary/aromatic N) is 3. The first-order valence-corrected chi connectivity index (χ1v) is 7.22. The van der Waals surface area contributed by atoms with Crippen molar-refractivity contribution >= 4 is 5.91 Å². The molecule has 0 bridgehead atoms. The lowest BCUT2D eigenvalue weighted by atomic mass is 10.0. The lowest BCUT2D eigenvalue weighted by molar-refractivity contribution is -0.122. The maximum Gasteiger partial charge on any atom is 0.224 e. The van der Waals surface area contributed by atoms with Crippen LogP contribution in [0.3, 0.4) is 0 Å². The van der Waals surface area contributed by atoms with Crippen LogP contribution in [0.5, 0.6) is 0 Å². The molecule has 6 nitrogen and oxygen atoms in total. The van der Waals surface area contributed by atoms with Gasteiger partial charge in [0.05, 0.1) is 31.4 Å². The molecule has 1 aromatic rings. The lowest BCUT2D eigenvalue weighted by Gasteiger charge is -2.26. The second-order valence-electron chi connectivity index (χ2n) is 6.03. The molecule has 0 spiro atoms. The van der Waals surface area contributed by atoms with Gasteiger partial charge in [-0.05, 0) is 12.0 Å². The normalized spacial score (nSPS) is 30.4. The molecule has 2 N–H and O–H groups in total. The highest BCUT2D eigenvalue weighted by Gasteiger charge is 2.56. The van der Waals surface area contributed by atoms with Crippen LogP contribution >= 0.6 is 0 Å². The molecule has 2 fully saturated rings. The highest BCUT2D eigenvalue weighted by molar-refractivity contribution is 5.85. The lowest BCUT2D eigenvalue weighted by Crippen LogP contribution is -2.38. The Morgan fingerprint density at radius 1 is 1.50 bits per heavy atom. The van der Waals surface area contributed by atoms with Gasteiger partial charge in [-0.3, -0.25) is 14.4 Å². The largest absolute Gasteiger partial charge is 0.379 e. The van der Waals surface area contributed by atoms with Crippen LogP contribution in [0.15, 0.2) is 12.4 Å². The zero-order valence-electron chi connectivity index (χ0n) is 11.9. The van der Waals surface area contributed by atoms with Crippen molar-refractivity contribution < 1.29 is 9.53 Å². The zero-order valence-corrected chi connectivity index (χ0v) is 11.9. The summed E-state index contributed by atoms with van der Waals surface area (Å²) in [4.78, 5) is 13.8. The Hall–Kier alpha value is -1.40. The Balaban J connectivity index is 1.54. The Morgan fingerprint density at radius 3 is 2.90 bits per heavy atom. The molecule has 1 aliphatic heterocycles. The van der Waals surface area contributed by atoms with Gasteiger partial charge in [-0.2, -0.15) is 5.10 Å². The second kappa shape index (κ2) is 5.18. The molecular formula is C14H22N4O2. The monoisotopic (exact) mass is 278 g/mol. The second-order valence-corrected chi connectivity index (χ2v) is 6.03. The van der Waals surface area contributed by atoms with Crippen LogP contribution in [0.1, 0.15) is 24.8 Å². The summed E-state index contributed by atoms with van der Waals surface area (Å²) < 4.78 is 7.30. The van der Waals surface area contributed by atoms with Crippen molar-refractivity contribution in [3.63, 3.8) is 0 Å². The Morgan fingerprint density at radius 2 is 2.25 bits per heavy atom. The van der Waals surface area contributed by atoms with Gasteiger partial charge in [0, 0.05) is 31.7 Å². The van der Waals surface area contributed by atoms with Crippen LogP contribution in [-0.2, 0) is 16.1 Å². The fourth-order valence-electron chi connectivity index (χ4n) is 2.87. The van der Waals surface area contributed by atoms with E-state index in [-0.39, 0.29) is 17.2 Å². The van der Waals surface area contributed by atoms with E-state index in [4.69, 9.17) is 10.5 Å². The molecule has 1 amide bonds. The number of morpholine rings is 1. The number of hydrogen-bond donors (Lipinski definition) is 1. The number of hydrogen-bond acceptors (Lipinski definition) is 4. The minimum Gasteiger partial charge on any atom is -0.379 e. The molecule has 2 heterocycles. The number of nitrogens with two attached hydrogens (primary N) is 1. The van der Waals surface area contributed by atoms with Crippen LogP contribution in [0.25, 0.3) is 0 Å². The van der Waals surface area contributed by atoms with Crippen LogP contribution in [0, 0.1) is 5.41 Å². The van der Waals surface area contributed by atoms with E-state index in [1.807, 2.05) is 17.8 Å². The molecule has 2 unspecified atom stereocenters. The maximum absolute atomic E-state index is 11.4. The van der Waals surface area contributed by atoms with Crippen molar-refractivity contribution in [2.24, 2.45) is 11.1 Å². The van der Waals surface area contributed by atoms with Gasteiger partial charge in [-0.15, -0.1) is 0 Å². The predicted octanol–water partition coefficient (Wildman–Crippen LogP) is 0.194. The van der Waals surface area contributed by atoms with Crippen LogP contribution in [0.4, 0.5) is 0 Å². The predicted molar refractivity (Wildman–Crippen MR) is 74.1 cm³/mol. The molecular weight excluding hydrogens is 256 g/mol. The van der Waals surface area contributed by atoms with E-state index in [2.05, 4.69) is 16.2 Å². The Labute approximate surface area is 118 Å². The van der Waals surface area contributed by atoms with E-state index >= 15 is 0 Å². The fraction of sp³-hybridized carbons (Fsp3) is 0.714. The third-order valence-electron chi connectivity index (χ3n) is 4.60. The zero-order chi connectivity index (χ0) is 14.2. The number of ether oxygens (including phenoxy) is 1. The van der Waals surface area contributed by atoms with E-state index in [1.165, 1.54) is 0 Å². The van der Waals surface area contributed by atoms with Gasteiger partial charge in [0.25, 0.3) is 0 Å². The quantitative estimate of drug-likeness (QED) is 0.834. The summed E-state index contributed by atoms with van der Waals surface area (Å²) in [5, 5.41) is 4.39. The van der Waals surface area contributed by atoms with Gasteiger partial charge in [0.1, 0.15) is 0 Å². The molecule has 3 rings (SSSR count). The summed E-state index contributed by atoms with van der Waals surface area (Å²) >= 11 is 0. The molecule has 1 aromatic heterocycles. The standard InChI is InChI=1S/C14H22N4O2/c1-14(13(15)19)8-12(14)11-9-16-18(10-11)3-2-17-4-6-20-7-5-17/h9-10,12H,2-8H2,1H3,(H2,15,19). The number of aromatic nitrogens is 2. The number of amides is 1. The van der Waals surface area contributed by atoms with E-state index in [0.717, 1.165) is 51.4 Å². The van der Waals surface area contributed by atoms with Gasteiger partial charge in [0.15, 0.2) is 0 Å². The van der Waals surface area contributed by atoms with Crippen molar-refractivity contribution in [3.05, 3.63) is 18.0 Å². The Bertz CT molecular complexity index is 495. The Kier molecular flexibility index (Phi) is 3.52. The summed E-state index contributed by atoms with van der Waals surface area (Å²) in [5.41, 5.74) is 6.21. The van der Waals surface area contributed by atoms with Crippen LogP contribution in [-0.4, -0.2) is 53.4 Å². The van der Waals surface area contributed by atoms with Crippen LogP contribution in [0.2, 0.25) is 0 Å². The third-order valence-corrected chi connectivity index (χ3v) is 4.60. The molecule has 1 saturated heterocycles. The van der Waals surface area contributed by atoms with E-state index < -0.39 is 0 Å². The van der Waals surface area contributed by atoms with Crippen molar-refractivity contribution in [1.29, 1.82) is 0 Å². The smallest absolute Gasteiger partial charge is 0.224 e. The molecule has 1 aliphatic carbocycles. The summed E-state index contributed by atoms with van der Waals surface area (Å²) in [5.74, 6) is 0.0423. The van der Waals surface area contributed by atoms with E-state index in [0.29, 0.717) is 0 Å². The topological polar surface area (TPSA) is 73.4 Å². The number of carbonyl (C=O) groups is 1. The molecule has 2 aliphatic rings. The van der Waals surface area contributed by atoms with E-state index in [1.54, 1.807) is 0 Å². The van der Waals surface area contributed by atoms with Crippen LogP contribution < -0.4 is 5.73 Å². The molecule has 0 aromatic carbocycles. The van der Waals surface area contributed by atoms with Crippen molar-refractivity contribution in [2.75, 3.05) is 32.8 Å². The van der Waals surface area contributed by atoms with E-state index in [9.17, 15) is 4.79 Å². The maximum atomic E-state index is 11.4. The minimum atomic E-state index is -0.363. The highest BCUT2D eigenvalue weighted by Crippen LogP contribution is 2.58.